The molecule has 0 aromatic heterocycles. The van der Waals surface area contributed by atoms with E-state index >= 15 is 0 Å². The van der Waals surface area contributed by atoms with E-state index in [1.54, 1.807) is 13.8 Å². The number of nitrogens with zero attached hydrogens (tertiary/aromatic N) is 1. The van der Waals surface area contributed by atoms with Gasteiger partial charge in [0.2, 0.25) is 6.54 Å². The Balaban J connectivity index is 0.00000162. The molecule has 4 atom stereocenters. The molecule has 0 aliphatic carbocycles. The van der Waals surface area contributed by atoms with Crippen LogP contribution < -0.4 is 0 Å². The Morgan fingerprint density at radius 3 is 2.44 bits per heavy atom. The van der Waals surface area contributed by atoms with Crippen molar-refractivity contribution in [2.24, 2.45) is 0 Å². The fourth-order valence-electron chi connectivity index (χ4n) is 2.40. The Labute approximate surface area is 131 Å². The molecular weight excluding hydrogens is 315 g/mol. The first-order chi connectivity index (χ1) is 7.94. The van der Waals surface area contributed by atoms with Crippen LogP contribution in [0.5, 0.6) is 0 Å². The summed E-state index contributed by atoms with van der Waals surface area (Å²) in [6.45, 7) is 10.2. The summed E-state index contributed by atoms with van der Waals surface area (Å²) < 4.78 is 16.7. The molecule has 0 aromatic rings. The predicted molar refractivity (Wildman–Crippen MR) is 56.8 cm³/mol. The van der Waals surface area contributed by atoms with Crippen LogP contribution in [-0.2, 0) is 46.9 Å². The average Bonchev–Trinajstić information content (AvgIpc) is 2.63. The van der Waals surface area contributed by atoms with Gasteiger partial charge in [0.1, 0.15) is 12.2 Å². The molecule has 2 rings (SSSR count). The van der Waals surface area contributed by atoms with Gasteiger partial charge in [-0.2, -0.15) is 0 Å². The number of ether oxygens (including phenoxy) is 3. The van der Waals surface area contributed by atoms with Crippen molar-refractivity contribution >= 4 is 0 Å². The van der Waals surface area contributed by atoms with Gasteiger partial charge in [-0.3, -0.25) is 0 Å². The second kappa shape index (κ2) is 5.80. The molecular formula is C11H17NO5Y. The quantitative estimate of drug-likeness (QED) is 0.706. The zero-order valence-electron chi connectivity index (χ0n) is 10.5. The Hall–Kier alpha value is 0.394. The van der Waals surface area contributed by atoms with E-state index in [0.29, 0.717) is 0 Å². The summed E-state index contributed by atoms with van der Waals surface area (Å²) in [6.07, 6.45) is -2.04. The standard InChI is InChI=1S/C11H17NO5.Y/c1-10(2)15-7-8(14)11(4-5-13,6-12-3)17-9(7)16-10;/h7-9,13-14H,4-6H2,1-2H3;/t7?,8-,9-,11+;/m1./s1. The molecule has 99 valence electrons. The molecule has 0 aromatic carbocycles. The predicted octanol–water partition coefficient (Wildman–Crippen LogP) is -0.107. The number of aliphatic hydroxyl groups is 2. The smallest absolute Gasteiger partial charge is 0.246 e. The molecule has 0 spiro atoms. The van der Waals surface area contributed by atoms with Gasteiger partial charge in [-0.1, -0.05) is 0 Å². The van der Waals surface area contributed by atoms with Crippen LogP contribution in [0.25, 0.3) is 4.85 Å². The minimum Gasteiger partial charge on any atom is -0.396 e. The van der Waals surface area contributed by atoms with Gasteiger partial charge in [-0.15, -0.1) is 0 Å². The maximum atomic E-state index is 10.2. The molecule has 2 saturated heterocycles. The molecule has 2 aliphatic heterocycles. The second-order valence-corrected chi connectivity index (χ2v) is 4.89. The summed E-state index contributed by atoms with van der Waals surface area (Å²) in [5.74, 6) is -0.792. The number of rotatable bonds is 3. The number of hydrogen-bond donors (Lipinski definition) is 2. The first kappa shape index (κ1) is 16.4. The van der Waals surface area contributed by atoms with Gasteiger partial charge in [-0.05, 0) is 13.8 Å². The van der Waals surface area contributed by atoms with E-state index in [2.05, 4.69) is 4.85 Å². The Bertz CT molecular complexity index is 345. The van der Waals surface area contributed by atoms with E-state index in [0.717, 1.165) is 0 Å². The molecule has 0 saturated carbocycles. The molecule has 2 N–H and O–H groups in total. The largest absolute Gasteiger partial charge is 0.396 e. The van der Waals surface area contributed by atoms with Gasteiger partial charge in [0.25, 0.3) is 0 Å². The fourth-order valence-corrected chi connectivity index (χ4v) is 2.40. The van der Waals surface area contributed by atoms with E-state index in [4.69, 9.17) is 25.9 Å². The monoisotopic (exact) mass is 332 g/mol. The summed E-state index contributed by atoms with van der Waals surface area (Å²) in [6, 6.07) is 0. The number of aliphatic hydroxyl groups excluding tert-OH is 2. The SMILES string of the molecule is [C-]#[N+]C[C@]1(CCO)O[C@H]2OC(C)(C)OC2[C@H]1O.[Y]. The topological polar surface area (TPSA) is 72.5 Å². The average molecular weight is 332 g/mol. The van der Waals surface area contributed by atoms with Crippen LogP contribution in [0.3, 0.4) is 0 Å². The Morgan fingerprint density at radius 2 is 1.94 bits per heavy atom. The molecule has 0 amide bonds. The summed E-state index contributed by atoms with van der Waals surface area (Å²) in [7, 11) is 0. The third-order valence-electron chi connectivity index (χ3n) is 3.17. The molecule has 0 bridgehead atoms. The molecule has 1 unspecified atom stereocenters. The molecule has 6 nitrogen and oxygen atoms in total. The van der Waals surface area contributed by atoms with Crippen molar-refractivity contribution in [1.29, 1.82) is 0 Å². The molecule has 1 radical (unpaired) electrons. The fraction of sp³-hybridized carbons (Fsp3) is 0.909. The van der Waals surface area contributed by atoms with Crippen LogP contribution in [-0.4, -0.2) is 53.3 Å². The van der Waals surface area contributed by atoms with Gasteiger partial charge in [0, 0.05) is 45.7 Å². The van der Waals surface area contributed by atoms with Gasteiger partial charge in [0.05, 0.1) is 0 Å². The first-order valence-electron chi connectivity index (χ1n) is 5.60. The van der Waals surface area contributed by atoms with Crippen molar-refractivity contribution in [3.05, 3.63) is 11.4 Å². The molecule has 2 aliphatic rings. The summed E-state index contributed by atoms with van der Waals surface area (Å²) in [4.78, 5) is 3.27. The van der Waals surface area contributed by atoms with E-state index in [1.807, 2.05) is 0 Å². The molecule has 2 fully saturated rings. The minimum atomic E-state index is -1.08. The van der Waals surface area contributed by atoms with Crippen LogP contribution in [0.15, 0.2) is 0 Å². The van der Waals surface area contributed by atoms with Crippen LogP contribution in [0.4, 0.5) is 0 Å². The maximum absolute atomic E-state index is 10.2. The Kier molecular flexibility index (Phi) is 5.30. The number of fused-ring (bicyclic) bond motifs is 1. The van der Waals surface area contributed by atoms with Crippen LogP contribution in [0.1, 0.15) is 20.3 Å². The molecule has 18 heavy (non-hydrogen) atoms. The summed E-state index contributed by atoms with van der Waals surface area (Å²) in [5.41, 5.74) is -1.08. The van der Waals surface area contributed by atoms with Gasteiger partial charge < -0.3 is 29.3 Å². The van der Waals surface area contributed by atoms with Gasteiger partial charge in [0.15, 0.2) is 17.7 Å². The zero-order chi connectivity index (χ0) is 12.7. The number of hydrogen-bond acceptors (Lipinski definition) is 5. The molecule has 7 heteroatoms. The summed E-state index contributed by atoms with van der Waals surface area (Å²) >= 11 is 0. The maximum Gasteiger partial charge on any atom is 0.246 e. The van der Waals surface area contributed by atoms with E-state index in [-0.39, 0.29) is 52.3 Å². The second-order valence-electron chi connectivity index (χ2n) is 4.89. The zero-order valence-corrected chi connectivity index (χ0v) is 13.3. The minimum absolute atomic E-state index is 0. The van der Waals surface area contributed by atoms with Gasteiger partial charge >= 0.3 is 0 Å². The normalized spacial score (nSPS) is 40.9. The third kappa shape index (κ3) is 2.78. The van der Waals surface area contributed by atoms with E-state index in [1.165, 1.54) is 0 Å². The first-order valence-corrected chi connectivity index (χ1v) is 5.60. The van der Waals surface area contributed by atoms with E-state index in [9.17, 15) is 5.11 Å². The van der Waals surface area contributed by atoms with Crippen molar-refractivity contribution in [3.63, 3.8) is 0 Å². The Morgan fingerprint density at radius 1 is 1.28 bits per heavy atom. The van der Waals surface area contributed by atoms with Crippen molar-refractivity contribution in [2.75, 3.05) is 13.2 Å². The van der Waals surface area contributed by atoms with Crippen LogP contribution in [0.2, 0.25) is 0 Å². The van der Waals surface area contributed by atoms with Crippen molar-refractivity contribution in [2.45, 2.75) is 50.2 Å². The summed E-state index contributed by atoms with van der Waals surface area (Å²) in [5, 5.41) is 19.2. The van der Waals surface area contributed by atoms with Gasteiger partial charge in [-0.25, -0.2) is 6.57 Å². The van der Waals surface area contributed by atoms with Crippen molar-refractivity contribution < 1.29 is 57.1 Å². The van der Waals surface area contributed by atoms with Crippen LogP contribution >= 0.6 is 0 Å². The van der Waals surface area contributed by atoms with Crippen LogP contribution in [0, 0.1) is 6.57 Å². The van der Waals surface area contributed by atoms with Crippen molar-refractivity contribution in [1.82, 2.24) is 0 Å². The van der Waals surface area contributed by atoms with Crippen molar-refractivity contribution in [3.8, 4) is 0 Å². The third-order valence-corrected chi connectivity index (χ3v) is 3.17. The van der Waals surface area contributed by atoms with E-state index < -0.39 is 29.9 Å². The molecule has 2 heterocycles.